The molecule has 0 bridgehead atoms. The normalized spacial score (nSPS) is 10.1. The Morgan fingerprint density at radius 1 is 1.00 bits per heavy atom. The molecule has 0 spiro atoms. The Balaban J connectivity index is 1.92. The Morgan fingerprint density at radius 3 is 2.32 bits per heavy atom. The van der Waals surface area contributed by atoms with Crippen molar-refractivity contribution in [3.8, 4) is 0 Å². The molecule has 2 N–H and O–H groups in total. The van der Waals surface area contributed by atoms with E-state index in [2.05, 4.69) is 26.6 Å². The lowest BCUT2D eigenvalue weighted by Crippen LogP contribution is -2.35. The van der Waals surface area contributed by atoms with Crippen molar-refractivity contribution in [2.45, 2.75) is 20.4 Å². The molecule has 22 heavy (non-hydrogen) atoms. The average molecular weight is 361 g/mol. The number of carbonyl (C=O) groups is 2. The standard InChI is InChI=1S/C17H17BrN2O2/c1-11-3-5-13(6-4-11)10-19-16(21)17(22)20-15-8-7-14(18)9-12(15)2/h3-9H,10H2,1-2H3,(H,19,21)(H,20,22). The maximum Gasteiger partial charge on any atom is 0.313 e. The topological polar surface area (TPSA) is 58.2 Å². The Morgan fingerprint density at radius 2 is 1.68 bits per heavy atom. The SMILES string of the molecule is Cc1ccc(CNC(=O)C(=O)Nc2ccc(Br)cc2C)cc1. The second-order valence-electron chi connectivity index (χ2n) is 5.08. The number of benzene rings is 2. The number of rotatable bonds is 3. The van der Waals surface area contributed by atoms with Crippen LogP contribution in [0.15, 0.2) is 46.9 Å². The fourth-order valence-electron chi connectivity index (χ4n) is 1.91. The largest absolute Gasteiger partial charge is 0.344 e. The van der Waals surface area contributed by atoms with Crippen LogP contribution in [0.5, 0.6) is 0 Å². The molecule has 0 aliphatic carbocycles. The molecule has 5 heteroatoms. The van der Waals surface area contributed by atoms with Crippen molar-refractivity contribution in [2.24, 2.45) is 0 Å². The number of hydrogen-bond donors (Lipinski definition) is 2. The van der Waals surface area contributed by atoms with Crippen LogP contribution in [0.1, 0.15) is 16.7 Å². The van der Waals surface area contributed by atoms with Gasteiger partial charge in [-0.3, -0.25) is 9.59 Å². The molecular formula is C17H17BrN2O2. The second kappa shape index (κ2) is 7.22. The van der Waals surface area contributed by atoms with Gasteiger partial charge in [-0.05, 0) is 43.2 Å². The Bertz CT molecular complexity index is 696. The van der Waals surface area contributed by atoms with Crippen LogP contribution in [0.3, 0.4) is 0 Å². The van der Waals surface area contributed by atoms with Gasteiger partial charge in [0.2, 0.25) is 0 Å². The minimum atomic E-state index is -0.669. The molecule has 2 rings (SSSR count). The van der Waals surface area contributed by atoms with Gasteiger partial charge in [0.25, 0.3) is 0 Å². The van der Waals surface area contributed by atoms with Gasteiger partial charge in [0.1, 0.15) is 0 Å². The summed E-state index contributed by atoms with van der Waals surface area (Å²) in [6.07, 6.45) is 0. The van der Waals surface area contributed by atoms with Gasteiger partial charge in [-0.1, -0.05) is 45.8 Å². The number of carbonyl (C=O) groups excluding carboxylic acids is 2. The van der Waals surface area contributed by atoms with Crippen LogP contribution in [0.25, 0.3) is 0 Å². The first-order chi connectivity index (χ1) is 10.5. The highest BCUT2D eigenvalue weighted by Gasteiger charge is 2.14. The predicted molar refractivity (Wildman–Crippen MR) is 90.5 cm³/mol. The van der Waals surface area contributed by atoms with Gasteiger partial charge < -0.3 is 10.6 Å². The van der Waals surface area contributed by atoms with E-state index < -0.39 is 11.8 Å². The Hall–Kier alpha value is -2.14. The van der Waals surface area contributed by atoms with Crippen molar-refractivity contribution >= 4 is 33.4 Å². The van der Waals surface area contributed by atoms with Gasteiger partial charge in [-0.25, -0.2) is 0 Å². The lowest BCUT2D eigenvalue weighted by Gasteiger charge is -2.09. The molecule has 0 radical (unpaired) electrons. The first kappa shape index (κ1) is 16.2. The molecule has 114 valence electrons. The van der Waals surface area contributed by atoms with Crippen molar-refractivity contribution in [3.05, 3.63) is 63.6 Å². The first-order valence-corrected chi connectivity index (χ1v) is 7.66. The van der Waals surface area contributed by atoms with Crippen LogP contribution in [-0.2, 0) is 16.1 Å². The van der Waals surface area contributed by atoms with E-state index >= 15 is 0 Å². The van der Waals surface area contributed by atoms with Crippen LogP contribution in [0, 0.1) is 13.8 Å². The number of amides is 2. The van der Waals surface area contributed by atoms with Crippen LogP contribution in [0.2, 0.25) is 0 Å². The van der Waals surface area contributed by atoms with Gasteiger partial charge >= 0.3 is 11.8 Å². The quantitative estimate of drug-likeness (QED) is 0.824. The summed E-state index contributed by atoms with van der Waals surface area (Å²) in [5, 5.41) is 5.22. The third-order valence-electron chi connectivity index (χ3n) is 3.22. The van der Waals surface area contributed by atoms with E-state index in [1.54, 1.807) is 6.07 Å². The van der Waals surface area contributed by atoms with E-state index in [-0.39, 0.29) is 0 Å². The summed E-state index contributed by atoms with van der Waals surface area (Å²) in [4.78, 5) is 23.7. The summed E-state index contributed by atoms with van der Waals surface area (Å²) in [5.41, 5.74) is 3.61. The third kappa shape index (κ3) is 4.43. The first-order valence-electron chi connectivity index (χ1n) is 6.86. The Labute approximate surface area is 138 Å². The molecule has 2 amide bonds. The van der Waals surface area contributed by atoms with Crippen molar-refractivity contribution in [1.82, 2.24) is 5.32 Å². The molecule has 2 aromatic rings. The molecule has 0 atom stereocenters. The van der Waals surface area contributed by atoms with E-state index in [1.807, 2.05) is 50.2 Å². The zero-order valence-electron chi connectivity index (χ0n) is 12.4. The monoisotopic (exact) mass is 360 g/mol. The summed E-state index contributed by atoms with van der Waals surface area (Å²) >= 11 is 3.36. The minimum absolute atomic E-state index is 0.325. The number of hydrogen-bond acceptors (Lipinski definition) is 2. The van der Waals surface area contributed by atoms with E-state index in [0.29, 0.717) is 12.2 Å². The molecule has 0 saturated carbocycles. The molecule has 0 aromatic heterocycles. The summed E-state index contributed by atoms with van der Waals surface area (Å²) in [7, 11) is 0. The molecule has 0 fully saturated rings. The summed E-state index contributed by atoms with van der Waals surface area (Å²) < 4.78 is 0.923. The van der Waals surface area contributed by atoms with Crippen LogP contribution in [-0.4, -0.2) is 11.8 Å². The average Bonchev–Trinajstić information content (AvgIpc) is 2.49. The van der Waals surface area contributed by atoms with E-state index in [4.69, 9.17) is 0 Å². The predicted octanol–water partition coefficient (Wildman–Crippen LogP) is 3.32. The number of anilines is 1. The molecule has 0 saturated heterocycles. The van der Waals surface area contributed by atoms with Crippen molar-refractivity contribution in [2.75, 3.05) is 5.32 Å². The van der Waals surface area contributed by atoms with Crippen molar-refractivity contribution in [3.63, 3.8) is 0 Å². The van der Waals surface area contributed by atoms with E-state index in [0.717, 1.165) is 21.2 Å². The highest BCUT2D eigenvalue weighted by Crippen LogP contribution is 2.19. The second-order valence-corrected chi connectivity index (χ2v) is 6.00. The molecule has 4 nitrogen and oxygen atoms in total. The van der Waals surface area contributed by atoms with Gasteiger partial charge in [0, 0.05) is 16.7 Å². The van der Waals surface area contributed by atoms with E-state index in [9.17, 15) is 9.59 Å². The van der Waals surface area contributed by atoms with Gasteiger partial charge in [-0.15, -0.1) is 0 Å². The number of aryl methyl sites for hydroxylation is 2. The highest BCUT2D eigenvalue weighted by atomic mass is 79.9. The fraction of sp³-hybridized carbons (Fsp3) is 0.176. The van der Waals surface area contributed by atoms with Gasteiger partial charge in [0.05, 0.1) is 0 Å². The summed E-state index contributed by atoms with van der Waals surface area (Å²) in [6.45, 7) is 4.19. The number of nitrogens with one attached hydrogen (secondary N) is 2. The van der Waals surface area contributed by atoms with Crippen molar-refractivity contribution in [1.29, 1.82) is 0 Å². The van der Waals surface area contributed by atoms with Crippen LogP contribution >= 0.6 is 15.9 Å². The maximum atomic E-state index is 11.9. The highest BCUT2D eigenvalue weighted by molar-refractivity contribution is 9.10. The molecule has 0 aliphatic heterocycles. The van der Waals surface area contributed by atoms with Gasteiger partial charge in [0.15, 0.2) is 0 Å². The van der Waals surface area contributed by atoms with Crippen molar-refractivity contribution < 1.29 is 9.59 Å². The fourth-order valence-corrected chi connectivity index (χ4v) is 2.39. The lowest BCUT2D eigenvalue weighted by molar-refractivity contribution is -0.136. The Kier molecular flexibility index (Phi) is 5.33. The molecular weight excluding hydrogens is 344 g/mol. The number of halogens is 1. The minimum Gasteiger partial charge on any atom is -0.344 e. The van der Waals surface area contributed by atoms with Gasteiger partial charge in [-0.2, -0.15) is 0 Å². The van der Waals surface area contributed by atoms with E-state index in [1.165, 1.54) is 0 Å². The summed E-state index contributed by atoms with van der Waals surface area (Å²) in [5.74, 6) is -1.32. The third-order valence-corrected chi connectivity index (χ3v) is 3.71. The zero-order chi connectivity index (χ0) is 16.1. The lowest BCUT2D eigenvalue weighted by atomic mass is 10.1. The van der Waals surface area contributed by atoms with Crippen LogP contribution in [0.4, 0.5) is 5.69 Å². The summed E-state index contributed by atoms with van der Waals surface area (Å²) in [6, 6.07) is 13.2. The maximum absolute atomic E-state index is 11.9. The zero-order valence-corrected chi connectivity index (χ0v) is 14.0. The smallest absolute Gasteiger partial charge is 0.313 e. The molecule has 0 heterocycles. The molecule has 0 aliphatic rings. The van der Waals surface area contributed by atoms with Crippen LogP contribution < -0.4 is 10.6 Å². The molecule has 0 unspecified atom stereocenters. The molecule has 2 aromatic carbocycles.